The predicted octanol–water partition coefficient (Wildman–Crippen LogP) is 3.74. The standard InChI is InChI=1S/C18H12ClN3O2S/c19-15-10-16(18-21-25(23,24)9-8-22(18)12-15)17-7-6-14(11-20-17)13-4-2-1-3-5-13/h1-12H. The molecule has 2 aliphatic rings. The summed E-state index contributed by atoms with van der Waals surface area (Å²) in [6, 6.07) is 13.6. The molecule has 1 aromatic heterocycles. The molecule has 0 amide bonds. The van der Waals surface area contributed by atoms with Crippen LogP contribution < -0.4 is 0 Å². The van der Waals surface area contributed by atoms with E-state index in [1.165, 1.54) is 6.20 Å². The van der Waals surface area contributed by atoms with Crippen molar-refractivity contribution in [3.8, 4) is 11.1 Å². The molecule has 2 aromatic rings. The lowest BCUT2D eigenvalue weighted by Crippen LogP contribution is -2.28. The molecule has 0 radical (unpaired) electrons. The molecule has 124 valence electrons. The van der Waals surface area contributed by atoms with Crippen LogP contribution in [0.5, 0.6) is 0 Å². The van der Waals surface area contributed by atoms with Crippen LogP contribution in [-0.4, -0.2) is 24.1 Å². The lowest BCUT2D eigenvalue weighted by atomic mass is 10.0. The zero-order chi connectivity index (χ0) is 17.4. The number of pyridine rings is 1. The maximum Gasteiger partial charge on any atom is 0.278 e. The zero-order valence-corrected chi connectivity index (χ0v) is 14.4. The molecular formula is C18H12ClN3O2S. The smallest absolute Gasteiger partial charge is 0.278 e. The number of hydrogen-bond donors (Lipinski definition) is 0. The minimum atomic E-state index is -3.64. The van der Waals surface area contributed by atoms with Crippen molar-refractivity contribution in [3.05, 3.63) is 83.3 Å². The van der Waals surface area contributed by atoms with Gasteiger partial charge in [0.2, 0.25) is 0 Å². The van der Waals surface area contributed by atoms with E-state index in [4.69, 9.17) is 11.6 Å². The third-order valence-electron chi connectivity index (χ3n) is 3.78. The second kappa shape index (κ2) is 5.98. The molecule has 3 heterocycles. The molecule has 0 fully saturated rings. The number of halogens is 1. The Balaban J connectivity index is 1.76. The first-order valence-corrected chi connectivity index (χ1v) is 9.33. The molecule has 25 heavy (non-hydrogen) atoms. The zero-order valence-electron chi connectivity index (χ0n) is 12.9. The minimum absolute atomic E-state index is 0.284. The highest BCUT2D eigenvalue weighted by Crippen LogP contribution is 2.29. The van der Waals surface area contributed by atoms with Gasteiger partial charge in [0.05, 0.1) is 16.1 Å². The quantitative estimate of drug-likeness (QED) is 0.809. The number of aromatic nitrogens is 1. The molecule has 0 saturated heterocycles. The van der Waals surface area contributed by atoms with Crippen molar-refractivity contribution in [1.82, 2.24) is 9.88 Å². The Morgan fingerprint density at radius 2 is 1.80 bits per heavy atom. The van der Waals surface area contributed by atoms with Crippen LogP contribution in [0.4, 0.5) is 0 Å². The Morgan fingerprint density at radius 1 is 1.00 bits per heavy atom. The van der Waals surface area contributed by atoms with Crippen molar-refractivity contribution in [1.29, 1.82) is 0 Å². The van der Waals surface area contributed by atoms with Gasteiger partial charge in [-0.1, -0.05) is 48.0 Å². The summed E-state index contributed by atoms with van der Waals surface area (Å²) >= 11 is 6.16. The summed E-state index contributed by atoms with van der Waals surface area (Å²) in [6.07, 6.45) is 6.44. The van der Waals surface area contributed by atoms with Gasteiger partial charge in [-0.15, -0.1) is 4.40 Å². The number of fused-ring (bicyclic) bond motifs is 1. The van der Waals surface area contributed by atoms with Crippen LogP contribution in [-0.2, 0) is 10.0 Å². The van der Waals surface area contributed by atoms with Gasteiger partial charge in [-0.3, -0.25) is 4.98 Å². The van der Waals surface area contributed by atoms with Gasteiger partial charge < -0.3 is 4.90 Å². The molecule has 4 rings (SSSR count). The van der Waals surface area contributed by atoms with Gasteiger partial charge in [-0.2, -0.15) is 8.42 Å². The summed E-state index contributed by atoms with van der Waals surface area (Å²) in [5, 5.41) is 1.50. The van der Waals surface area contributed by atoms with Crippen LogP contribution in [0.15, 0.2) is 82.0 Å². The lowest BCUT2D eigenvalue weighted by Gasteiger charge is -2.25. The summed E-state index contributed by atoms with van der Waals surface area (Å²) in [4.78, 5) is 6.05. The van der Waals surface area contributed by atoms with E-state index in [0.29, 0.717) is 16.3 Å². The highest BCUT2D eigenvalue weighted by atomic mass is 35.5. The molecule has 0 saturated carbocycles. The molecule has 2 aliphatic heterocycles. The molecule has 0 atom stereocenters. The SMILES string of the molecule is O=S1(=O)C=CN2C=C(Cl)C=C(c3ccc(-c4ccccc4)cn3)C2=N1. The number of nitrogens with zero attached hydrogens (tertiary/aromatic N) is 3. The third kappa shape index (κ3) is 3.14. The van der Waals surface area contributed by atoms with Gasteiger partial charge in [0.15, 0.2) is 5.84 Å². The van der Waals surface area contributed by atoms with E-state index in [0.717, 1.165) is 16.5 Å². The molecule has 5 nitrogen and oxygen atoms in total. The highest BCUT2D eigenvalue weighted by Gasteiger charge is 2.26. The maximum atomic E-state index is 11.8. The van der Waals surface area contributed by atoms with E-state index < -0.39 is 10.0 Å². The van der Waals surface area contributed by atoms with Gasteiger partial charge in [-0.05, 0) is 17.7 Å². The summed E-state index contributed by atoms with van der Waals surface area (Å²) in [5.41, 5.74) is 3.18. The average molecular weight is 370 g/mol. The van der Waals surface area contributed by atoms with Gasteiger partial charge in [0.25, 0.3) is 10.0 Å². The largest absolute Gasteiger partial charge is 0.305 e. The molecule has 1 aromatic carbocycles. The Hall–Kier alpha value is -2.70. The van der Waals surface area contributed by atoms with E-state index in [1.807, 2.05) is 42.5 Å². The third-order valence-corrected chi connectivity index (χ3v) is 4.88. The maximum absolute atomic E-state index is 11.8. The molecule has 0 bridgehead atoms. The fraction of sp³-hybridized carbons (Fsp3) is 0. The van der Waals surface area contributed by atoms with Gasteiger partial charge in [0.1, 0.15) is 0 Å². The Morgan fingerprint density at radius 3 is 2.52 bits per heavy atom. The first kappa shape index (κ1) is 15.8. The topological polar surface area (TPSA) is 62.6 Å². The van der Waals surface area contributed by atoms with Crippen LogP contribution in [0.2, 0.25) is 0 Å². The van der Waals surface area contributed by atoms with E-state index in [1.54, 1.807) is 23.4 Å². The average Bonchev–Trinajstić information content (AvgIpc) is 2.62. The molecule has 0 aliphatic carbocycles. The second-order valence-electron chi connectivity index (χ2n) is 5.49. The Bertz CT molecular complexity index is 1050. The highest BCUT2D eigenvalue weighted by molar-refractivity contribution is 7.93. The van der Waals surface area contributed by atoms with Crippen LogP contribution in [0.25, 0.3) is 16.7 Å². The summed E-state index contributed by atoms with van der Waals surface area (Å²) < 4.78 is 27.4. The lowest BCUT2D eigenvalue weighted by molar-refractivity contribution is 0.602. The minimum Gasteiger partial charge on any atom is -0.305 e. The fourth-order valence-corrected chi connectivity index (χ4v) is 3.61. The molecule has 0 unspecified atom stereocenters. The molecular weight excluding hydrogens is 358 g/mol. The van der Waals surface area contributed by atoms with Gasteiger partial charge in [0, 0.05) is 29.7 Å². The Labute approximate surface area is 150 Å². The molecule has 7 heteroatoms. The first-order chi connectivity index (χ1) is 12.0. The summed E-state index contributed by atoms with van der Waals surface area (Å²) in [6.45, 7) is 0. The summed E-state index contributed by atoms with van der Waals surface area (Å²) in [7, 11) is -3.64. The number of sulfonamides is 1. The number of allylic oxidation sites excluding steroid dienone is 2. The monoisotopic (exact) mass is 369 g/mol. The second-order valence-corrected chi connectivity index (χ2v) is 7.41. The fourth-order valence-electron chi connectivity index (χ4n) is 2.62. The molecule has 0 spiro atoms. The van der Waals surface area contributed by atoms with Crippen molar-refractivity contribution in [2.75, 3.05) is 0 Å². The normalized spacial score (nSPS) is 18.1. The van der Waals surface area contributed by atoms with Gasteiger partial charge >= 0.3 is 0 Å². The van der Waals surface area contributed by atoms with E-state index in [2.05, 4.69) is 9.38 Å². The molecule has 0 N–H and O–H groups in total. The number of rotatable bonds is 2. The van der Waals surface area contributed by atoms with Crippen molar-refractivity contribution < 1.29 is 8.42 Å². The van der Waals surface area contributed by atoms with Crippen molar-refractivity contribution in [3.63, 3.8) is 0 Å². The van der Waals surface area contributed by atoms with E-state index in [-0.39, 0.29) is 5.84 Å². The predicted molar refractivity (Wildman–Crippen MR) is 98.9 cm³/mol. The van der Waals surface area contributed by atoms with Crippen LogP contribution in [0.1, 0.15) is 5.69 Å². The van der Waals surface area contributed by atoms with Crippen LogP contribution >= 0.6 is 11.6 Å². The van der Waals surface area contributed by atoms with E-state index in [9.17, 15) is 8.42 Å². The number of benzene rings is 1. The Kier molecular flexibility index (Phi) is 3.78. The van der Waals surface area contributed by atoms with E-state index >= 15 is 0 Å². The van der Waals surface area contributed by atoms with Crippen LogP contribution in [0, 0.1) is 0 Å². The first-order valence-electron chi connectivity index (χ1n) is 7.45. The number of hydrogen-bond acceptors (Lipinski definition) is 4. The van der Waals surface area contributed by atoms with Crippen molar-refractivity contribution in [2.45, 2.75) is 0 Å². The van der Waals surface area contributed by atoms with Crippen molar-refractivity contribution >= 4 is 33.0 Å². The number of amidine groups is 1. The van der Waals surface area contributed by atoms with Gasteiger partial charge in [-0.25, -0.2) is 0 Å². The van der Waals surface area contributed by atoms with Crippen molar-refractivity contribution in [2.24, 2.45) is 4.40 Å². The summed E-state index contributed by atoms with van der Waals surface area (Å²) in [5.74, 6) is 0.284. The van der Waals surface area contributed by atoms with Crippen LogP contribution in [0.3, 0.4) is 0 Å².